The van der Waals surface area contributed by atoms with Crippen molar-refractivity contribution in [1.82, 2.24) is 9.38 Å². The summed E-state index contributed by atoms with van der Waals surface area (Å²) in [6, 6.07) is 5.41. The highest BCUT2D eigenvalue weighted by Gasteiger charge is 2.48. The van der Waals surface area contributed by atoms with Gasteiger partial charge in [0.1, 0.15) is 17.1 Å². The molecule has 0 radical (unpaired) electrons. The maximum atomic E-state index is 13.6. The Bertz CT molecular complexity index is 1300. The van der Waals surface area contributed by atoms with Gasteiger partial charge in [-0.25, -0.2) is 4.98 Å². The van der Waals surface area contributed by atoms with Gasteiger partial charge in [0.05, 0.1) is 12.7 Å². The Morgan fingerprint density at radius 2 is 1.58 bits per heavy atom. The Morgan fingerprint density at radius 1 is 0.968 bits per heavy atom. The van der Waals surface area contributed by atoms with Crippen LogP contribution in [0.15, 0.2) is 47.4 Å². The number of fused-ring (bicyclic) bond motifs is 1. The molecule has 0 aliphatic rings. The summed E-state index contributed by atoms with van der Waals surface area (Å²) >= 11 is 0. The van der Waals surface area contributed by atoms with Crippen molar-refractivity contribution >= 4 is 15.8 Å². The highest BCUT2D eigenvalue weighted by Crippen LogP contribution is 2.35. The molecule has 0 spiro atoms. The summed E-state index contributed by atoms with van der Waals surface area (Å²) in [4.78, 5) is 16.2. The third-order valence-corrected chi connectivity index (χ3v) is 4.92. The van der Waals surface area contributed by atoms with Gasteiger partial charge in [-0.2, -0.15) is 34.8 Å². The summed E-state index contributed by atoms with van der Waals surface area (Å²) in [5.74, 6) is -0.659. The molecule has 0 bridgehead atoms. The van der Waals surface area contributed by atoms with Crippen LogP contribution in [0.1, 0.15) is 5.69 Å². The molecule has 0 N–H and O–H groups in total. The maximum absolute atomic E-state index is 13.6. The van der Waals surface area contributed by atoms with Gasteiger partial charge in [0.25, 0.3) is 5.56 Å². The molecule has 3 rings (SSSR count). The van der Waals surface area contributed by atoms with Crippen molar-refractivity contribution in [3.05, 3.63) is 58.6 Å². The molecule has 14 heteroatoms. The van der Waals surface area contributed by atoms with Crippen LogP contribution in [0.2, 0.25) is 0 Å². The molecule has 0 unspecified atom stereocenters. The standard InChI is InChI=1S/C17H10F6N2O5S/c1-29-11-6-7-25-12(8-11)24-14(16(18,19)20)13(15(25)26)9-2-4-10(5-3-9)30-31(27,28)17(21,22)23/h2-8H,1H3. The topological polar surface area (TPSA) is 87.0 Å². The molecule has 0 atom stereocenters. The van der Waals surface area contributed by atoms with Crippen LogP contribution in [-0.2, 0) is 16.3 Å². The predicted molar refractivity (Wildman–Crippen MR) is 94.1 cm³/mol. The van der Waals surface area contributed by atoms with Gasteiger partial charge in [0, 0.05) is 12.3 Å². The number of aromatic nitrogens is 2. The fourth-order valence-electron chi connectivity index (χ4n) is 2.56. The molecule has 3 aromatic rings. The molecule has 1 aromatic carbocycles. The highest BCUT2D eigenvalue weighted by atomic mass is 32.2. The van der Waals surface area contributed by atoms with E-state index in [1.165, 1.54) is 13.2 Å². The molecule has 0 aliphatic heterocycles. The van der Waals surface area contributed by atoms with Gasteiger partial charge in [-0.05, 0) is 23.8 Å². The van der Waals surface area contributed by atoms with E-state index < -0.39 is 44.4 Å². The van der Waals surface area contributed by atoms with Crippen molar-refractivity contribution < 1.29 is 43.7 Å². The van der Waals surface area contributed by atoms with Crippen molar-refractivity contribution in [2.45, 2.75) is 11.7 Å². The predicted octanol–water partition coefficient (Wildman–Crippen LogP) is 3.62. The molecule has 31 heavy (non-hydrogen) atoms. The molecule has 0 aliphatic carbocycles. The summed E-state index contributed by atoms with van der Waals surface area (Å²) in [6.07, 6.45) is -3.92. The second-order valence-corrected chi connectivity index (χ2v) is 7.48. The minimum Gasteiger partial charge on any atom is -0.497 e. The number of ether oxygens (including phenoxy) is 1. The van der Waals surface area contributed by atoms with E-state index in [1.54, 1.807) is 0 Å². The summed E-state index contributed by atoms with van der Waals surface area (Å²) in [7, 11) is -4.70. The minimum absolute atomic E-state index is 0.153. The van der Waals surface area contributed by atoms with E-state index in [1.807, 2.05) is 0 Å². The zero-order chi connectivity index (χ0) is 23.2. The number of pyridine rings is 1. The number of alkyl halides is 6. The van der Waals surface area contributed by atoms with E-state index in [2.05, 4.69) is 9.17 Å². The number of halogens is 6. The first kappa shape index (κ1) is 22.4. The molecular weight excluding hydrogens is 458 g/mol. The smallest absolute Gasteiger partial charge is 0.497 e. The summed E-state index contributed by atoms with van der Waals surface area (Å²) in [5.41, 5.74) is -9.96. The summed E-state index contributed by atoms with van der Waals surface area (Å²) in [5, 5.41) is 0. The van der Waals surface area contributed by atoms with Crippen LogP contribution < -0.4 is 14.5 Å². The first-order valence-electron chi connectivity index (χ1n) is 8.03. The van der Waals surface area contributed by atoms with Crippen LogP contribution >= 0.6 is 0 Å². The SMILES string of the molecule is COc1ccn2c(=O)c(-c3ccc(OS(=O)(=O)C(F)(F)F)cc3)c(C(F)(F)F)nc2c1. The normalized spacial score (nSPS) is 12.7. The Morgan fingerprint density at radius 3 is 2.10 bits per heavy atom. The monoisotopic (exact) mass is 468 g/mol. The molecular formula is C17H10F6N2O5S. The number of nitrogens with zero attached hydrogens (tertiary/aromatic N) is 2. The van der Waals surface area contributed by atoms with Crippen molar-refractivity contribution in [3.63, 3.8) is 0 Å². The van der Waals surface area contributed by atoms with E-state index in [9.17, 15) is 39.6 Å². The second-order valence-electron chi connectivity index (χ2n) is 5.94. The van der Waals surface area contributed by atoms with E-state index in [0.29, 0.717) is 12.1 Å². The van der Waals surface area contributed by atoms with E-state index >= 15 is 0 Å². The molecule has 0 saturated carbocycles. The third-order valence-electron chi connectivity index (χ3n) is 3.94. The van der Waals surface area contributed by atoms with Crippen LogP contribution in [0.3, 0.4) is 0 Å². The first-order valence-corrected chi connectivity index (χ1v) is 9.44. The van der Waals surface area contributed by atoms with Gasteiger partial charge in [-0.3, -0.25) is 9.20 Å². The van der Waals surface area contributed by atoms with Crippen molar-refractivity contribution in [2.24, 2.45) is 0 Å². The molecule has 0 amide bonds. The fraction of sp³-hybridized carbons (Fsp3) is 0.176. The van der Waals surface area contributed by atoms with Crippen molar-refractivity contribution in [1.29, 1.82) is 0 Å². The average Bonchev–Trinajstić information content (AvgIpc) is 2.66. The maximum Gasteiger partial charge on any atom is 0.534 e. The highest BCUT2D eigenvalue weighted by molar-refractivity contribution is 7.88. The lowest BCUT2D eigenvalue weighted by molar-refractivity contribution is -0.140. The molecule has 0 fully saturated rings. The van der Waals surface area contributed by atoms with Gasteiger partial charge in [-0.15, -0.1) is 0 Å². The Hall–Kier alpha value is -3.29. The lowest BCUT2D eigenvalue weighted by Crippen LogP contribution is -2.28. The van der Waals surface area contributed by atoms with Gasteiger partial charge < -0.3 is 8.92 Å². The lowest BCUT2D eigenvalue weighted by Gasteiger charge is -2.14. The number of hydrogen-bond donors (Lipinski definition) is 0. The quantitative estimate of drug-likeness (QED) is 0.330. The number of methoxy groups -OCH3 is 1. The third kappa shape index (κ3) is 4.28. The van der Waals surface area contributed by atoms with Gasteiger partial charge in [0.2, 0.25) is 0 Å². The number of rotatable bonds is 4. The van der Waals surface area contributed by atoms with Crippen LogP contribution in [0.25, 0.3) is 16.8 Å². The van der Waals surface area contributed by atoms with E-state index in [4.69, 9.17) is 4.74 Å². The summed E-state index contributed by atoms with van der Waals surface area (Å²) in [6.45, 7) is 0. The lowest BCUT2D eigenvalue weighted by atomic mass is 10.0. The van der Waals surface area contributed by atoms with Crippen molar-refractivity contribution in [3.8, 4) is 22.6 Å². The van der Waals surface area contributed by atoms with Gasteiger partial charge in [-0.1, -0.05) is 12.1 Å². The fourth-order valence-corrected chi connectivity index (χ4v) is 3.02. The second kappa shape index (κ2) is 7.44. The Labute approximate surface area is 169 Å². The number of benzene rings is 1. The van der Waals surface area contributed by atoms with E-state index in [0.717, 1.165) is 28.8 Å². The largest absolute Gasteiger partial charge is 0.534 e. The Kier molecular flexibility index (Phi) is 5.38. The van der Waals surface area contributed by atoms with Crippen molar-refractivity contribution in [2.75, 3.05) is 7.11 Å². The van der Waals surface area contributed by atoms with Crippen LogP contribution in [0.5, 0.6) is 11.5 Å². The van der Waals surface area contributed by atoms with Gasteiger partial charge in [0.15, 0.2) is 5.69 Å². The molecule has 166 valence electrons. The number of hydrogen-bond acceptors (Lipinski definition) is 6. The molecule has 2 heterocycles. The van der Waals surface area contributed by atoms with E-state index in [-0.39, 0.29) is 17.0 Å². The summed E-state index contributed by atoms with van der Waals surface area (Å²) < 4.78 is 110. The average molecular weight is 468 g/mol. The van der Waals surface area contributed by atoms with Gasteiger partial charge >= 0.3 is 21.8 Å². The first-order chi connectivity index (χ1) is 14.2. The van der Waals surface area contributed by atoms with Crippen LogP contribution in [0, 0.1) is 0 Å². The minimum atomic E-state index is -5.97. The zero-order valence-electron chi connectivity index (χ0n) is 15.2. The molecule has 7 nitrogen and oxygen atoms in total. The Balaban J connectivity index is 2.16. The van der Waals surface area contributed by atoms with Crippen LogP contribution in [-0.4, -0.2) is 30.4 Å². The molecule has 2 aromatic heterocycles. The zero-order valence-corrected chi connectivity index (χ0v) is 16.0. The molecule has 0 saturated heterocycles. The van der Waals surface area contributed by atoms with Crippen LogP contribution in [0.4, 0.5) is 26.3 Å².